The van der Waals surface area contributed by atoms with Gasteiger partial charge in [0.15, 0.2) is 5.69 Å². The predicted octanol–water partition coefficient (Wildman–Crippen LogP) is 4.51. The van der Waals surface area contributed by atoms with Gasteiger partial charge in [0.1, 0.15) is 16.6 Å². The van der Waals surface area contributed by atoms with Gasteiger partial charge in [-0.2, -0.15) is 0 Å². The number of hydrogen-bond acceptors (Lipinski definition) is 6. The first-order chi connectivity index (χ1) is 15.4. The number of nitrogens with two attached hydrogens (primary N) is 1. The molecule has 0 aliphatic rings. The zero-order valence-corrected chi connectivity index (χ0v) is 19.4. The van der Waals surface area contributed by atoms with Crippen LogP contribution >= 0.6 is 23.8 Å². The molecule has 1 amide bonds. The number of nitrogens with one attached hydrogen (secondary N) is 2. The van der Waals surface area contributed by atoms with Gasteiger partial charge in [0.2, 0.25) is 0 Å². The molecule has 0 atom stereocenters. The smallest absolute Gasteiger partial charge is 0.277 e. The number of rotatable bonds is 8. The van der Waals surface area contributed by atoms with Crippen LogP contribution in [0.3, 0.4) is 0 Å². The molecule has 0 saturated carbocycles. The molecule has 166 valence electrons. The zero-order valence-electron chi connectivity index (χ0n) is 17.8. The van der Waals surface area contributed by atoms with E-state index in [9.17, 15) is 4.79 Å². The van der Waals surface area contributed by atoms with Crippen LogP contribution < -0.4 is 21.1 Å². The van der Waals surface area contributed by atoms with E-state index in [0.717, 1.165) is 12.0 Å². The molecule has 0 saturated heterocycles. The first-order valence-corrected chi connectivity index (χ1v) is 10.8. The van der Waals surface area contributed by atoms with Gasteiger partial charge in [-0.1, -0.05) is 29.9 Å². The minimum atomic E-state index is -0.419. The van der Waals surface area contributed by atoms with E-state index in [1.807, 2.05) is 32.0 Å². The minimum absolute atomic E-state index is 0.196. The lowest BCUT2D eigenvalue weighted by atomic mass is 10.1. The van der Waals surface area contributed by atoms with Crippen LogP contribution in [0, 0.1) is 13.8 Å². The molecule has 0 unspecified atom stereocenters. The highest BCUT2D eigenvalue weighted by atomic mass is 35.5. The fraction of sp³-hybridized carbons (Fsp3) is 0.217. The number of anilines is 2. The first kappa shape index (κ1) is 23.6. The number of carbonyl (C=O) groups is 1. The van der Waals surface area contributed by atoms with Crippen molar-refractivity contribution in [2.75, 3.05) is 23.8 Å². The number of halogens is 1. The van der Waals surface area contributed by atoms with Crippen molar-refractivity contribution in [3.05, 3.63) is 76.2 Å². The highest BCUT2D eigenvalue weighted by molar-refractivity contribution is 7.81. The molecule has 0 aliphatic heterocycles. The third-order valence-electron chi connectivity index (χ3n) is 4.45. The van der Waals surface area contributed by atoms with Crippen molar-refractivity contribution < 1.29 is 9.53 Å². The molecule has 0 radical (unpaired) electrons. The molecule has 3 aromatic rings. The summed E-state index contributed by atoms with van der Waals surface area (Å²) >= 11 is 11.5. The second kappa shape index (κ2) is 11.0. The van der Waals surface area contributed by atoms with E-state index in [1.165, 1.54) is 6.20 Å². The molecule has 4 N–H and O–H groups in total. The Balaban J connectivity index is 1.84. The fourth-order valence-corrected chi connectivity index (χ4v) is 3.24. The summed E-state index contributed by atoms with van der Waals surface area (Å²) < 4.78 is 5.88. The number of carbonyl (C=O) groups excluding carboxylic acids is 1. The van der Waals surface area contributed by atoms with E-state index in [2.05, 4.69) is 20.6 Å². The number of ether oxygens (including phenoxy) is 1. The van der Waals surface area contributed by atoms with Crippen LogP contribution in [0.25, 0.3) is 0 Å². The van der Waals surface area contributed by atoms with Gasteiger partial charge < -0.3 is 21.1 Å². The van der Waals surface area contributed by atoms with Crippen molar-refractivity contribution in [2.24, 2.45) is 5.73 Å². The second-order valence-electron chi connectivity index (χ2n) is 7.11. The number of benzene rings is 1. The summed E-state index contributed by atoms with van der Waals surface area (Å²) in [5.41, 5.74) is 8.69. The lowest BCUT2D eigenvalue weighted by molar-refractivity contribution is 0.102. The van der Waals surface area contributed by atoms with Gasteiger partial charge in [0, 0.05) is 11.9 Å². The maximum Gasteiger partial charge on any atom is 0.277 e. The third-order valence-corrected chi connectivity index (χ3v) is 5.00. The van der Waals surface area contributed by atoms with Crippen LogP contribution in [0.15, 0.2) is 48.7 Å². The van der Waals surface area contributed by atoms with Gasteiger partial charge in [-0.15, -0.1) is 0 Å². The summed E-state index contributed by atoms with van der Waals surface area (Å²) in [6, 6.07) is 12.6. The maximum absolute atomic E-state index is 12.9. The van der Waals surface area contributed by atoms with Crippen molar-refractivity contribution in [3.63, 3.8) is 0 Å². The molecule has 0 bridgehead atoms. The van der Waals surface area contributed by atoms with Gasteiger partial charge in [-0.05, 0) is 68.8 Å². The van der Waals surface area contributed by atoms with Crippen molar-refractivity contribution in [2.45, 2.75) is 20.3 Å². The Kier molecular flexibility index (Phi) is 8.10. The van der Waals surface area contributed by atoms with E-state index < -0.39 is 5.91 Å². The second-order valence-corrected chi connectivity index (χ2v) is 7.95. The van der Waals surface area contributed by atoms with Crippen molar-refractivity contribution >= 4 is 46.2 Å². The first-order valence-electron chi connectivity index (χ1n) is 10.0. The topological polar surface area (TPSA) is 102 Å². The summed E-state index contributed by atoms with van der Waals surface area (Å²) in [4.78, 5) is 21.8. The van der Waals surface area contributed by atoms with Gasteiger partial charge in [-0.3, -0.25) is 4.79 Å². The Morgan fingerprint density at radius 3 is 2.69 bits per heavy atom. The van der Waals surface area contributed by atoms with Crippen molar-refractivity contribution in [1.82, 2.24) is 9.97 Å². The van der Waals surface area contributed by atoms with Crippen LogP contribution in [-0.2, 0) is 0 Å². The minimum Gasteiger partial charge on any atom is -0.493 e. The monoisotopic (exact) mass is 469 g/mol. The van der Waals surface area contributed by atoms with E-state index in [0.29, 0.717) is 51.7 Å². The predicted molar refractivity (Wildman–Crippen MR) is 132 cm³/mol. The number of aromatic nitrogens is 2. The molecule has 2 heterocycles. The third kappa shape index (κ3) is 6.23. The number of aryl methyl sites for hydroxylation is 2. The summed E-state index contributed by atoms with van der Waals surface area (Å²) in [6.07, 6.45) is 2.19. The molecule has 2 aromatic heterocycles. The van der Waals surface area contributed by atoms with E-state index in [1.54, 1.807) is 24.3 Å². The quantitative estimate of drug-likeness (QED) is 0.329. The summed E-state index contributed by atoms with van der Waals surface area (Å²) in [6.45, 7) is 4.82. The van der Waals surface area contributed by atoms with Crippen LogP contribution in [0.4, 0.5) is 11.5 Å². The van der Waals surface area contributed by atoms with Crippen LogP contribution in [0.2, 0.25) is 5.02 Å². The molecular weight excluding hydrogens is 446 g/mol. The number of hydrogen-bond donors (Lipinski definition) is 3. The number of nitrogens with zero attached hydrogens (tertiary/aromatic N) is 2. The molecule has 3 rings (SSSR count). The molecule has 7 nitrogen and oxygen atoms in total. The number of pyridine rings is 2. The Bertz CT molecular complexity index is 1120. The molecule has 0 spiro atoms. The Hall–Kier alpha value is -3.07. The summed E-state index contributed by atoms with van der Waals surface area (Å²) in [5.74, 6) is 0.606. The van der Waals surface area contributed by atoms with E-state index in [-0.39, 0.29) is 5.69 Å². The van der Waals surface area contributed by atoms with Crippen LogP contribution in [0.1, 0.15) is 33.7 Å². The zero-order chi connectivity index (χ0) is 23.1. The normalized spacial score (nSPS) is 10.5. The Labute approximate surface area is 197 Å². The summed E-state index contributed by atoms with van der Waals surface area (Å²) in [5, 5.41) is 6.35. The average Bonchev–Trinajstić information content (AvgIpc) is 2.76. The average molecular weight is 470 g/mol. The lowest BCUT2D eigenvalue weighted by Crippen LogP contribution is -2.20. The molecular formula is C23H24ClN5O2S. The number of amides is 1. The Morgan fingerprint density at radius 1 is 1.16 bits per heavy atom. The van der Waals surface area contributed by atoms with Gasteiger partial charge in [0.05, 0.1) is 22.9 Å². The number of thiocarbonyl (C=S) groups is 1. The van der Waals surface area contributed by atoms with Gasteiger partial charge in [-0.25, -0.2) is 9.97 Å². The summed E-state index contributed by atoms with van der Waals surface area (Å²) in [7, 11) is 0. The van der Waals surface area contributed by atoms with Crippen LogP contribution in [-0.4, -0.2) is 34.0 Å². The highest BCUT2D eigenvalue weighted by Crippen LogP contribution is 2.24. The van der Waals surface area contributed by atoms with Crippen molar-refractivity contribution in [3.8, 4) is 5.75 Å². The SMILES string of the molecule is Cc1ccc(C(=S)Nc2ccc(C)nc2C(=O)Nc2ccc(Cl)cn2)c(OCCCN)c1. The highest BCUT2D eigenvalue weighted by Gasteiger charge is 2.17. The largest absolute Gasteiger partial charge is 0.493 e. The molecule has 0 fully saturated rings. The van der Waals surface area contributed by atoms with E-state index in [4.69, 9.17) is 34.3 Å². The standard InChI is InChI=1S/C23H24ClN5O2S/c1-14-4-7-17(19(12-14)31-11-3-10-25)23(32)28-18-8-5-15(2)27-21(18)22(30)29-20-9-6-16(24)13-26-20/h4-9,12-13H,3,10-11,25H2,1-2H3,(H,28,32)(H,26,29,30). The fourth-order valence-electron chi connectivity index (χ4n) is 2.85. The lowest BCUT2D eigenvalue weighted by Gasteiger charge is -2.16. The van der Waals surface area contributed by atoms with Crippen molar-refractivity contribution in [1.29, 1.82) is 0 Å². The van der Waals surface area contributed by atoms with E-state index >= 15 is 0 Å². The van der Waals surface area contributed by atoms with Gasteiger partial charge >= 0.3 is 0 Å². The molecule has 1 aromatic carbocycles. The molecule has 0 aliphatic carbocycles. The Morgan fingerprint density at radius 2 is 1.97 bits per heavy atom. The molecule has 9 heteroatoms. The van der Waals surface area contributed by atoms with Gasteiger partial charge in [0.25, 0.3) is 5.91 Å². The van der Waals surface area contributed by atoms with Crippen LogP contribution in [0.5, 0.6) is 5.75 Å². The molecule has 32 heavy (non-hydrogen) atoms. The maximum atomic E-state index is 12.9.